The number of para-hydroxylation sites is 1. The molecule has 0 aliphatic carbocycles. The molecule has 22 heavy (non-hydrogen) atoms. The lowest BCUT2D eigenvalue weighted by atomic mass is 10.3. The molecule has 0 spiro atoms. The molecule has 1 aromatic heterocycles. The smallest absolute Gasteiger partial charge is 0.270 e. The average Bonchev–Trinajstić information content (AvgIpc) is 2.42. The molecule has 0 aliphatic heterocycles. The molecule has 0 bridgehead atoms. The van der Waals surface area contributed by atoms with Gasteiger partial charge in [0.05, 0.1) is 15.7 Å². The second-order valence-electron chi connectivity index (χ2n) is 5.07. The first-order chi connectivity index (χ1) is 10.4. The van der Waals surface area contributed by atoms with Crippen molar-refractivity contribution in [3.63, 3.8) is 0 Å². The van der Waals surface area contributed by atoms with Crippen molar-refractivity contribution in [3.05, 3.63) is 45.7 Å². The Balaban J connectivity index is 2.32. The number of hydrogen-bond acceptors (Lipinski definition) is 4. The van der Waals surface area contributed by atoms with Crippen molar-refractivity contribution in [2.24, 2.45) is 0 Å². The van der Waals surface area contributed by atoms with Gasteiger partial charge in [0.25, 0.3) is 5.91 Å². The number of aryl methyl sites for hydroxylation is 1. The molecule has 1 heterocycles. The summed E-state index contributed by atoms with van der Waals surface area (Å²) in [5.41, 5.74) is 1.45. The van der Waals surface area contributed by atoms with E-state index in [4.69, 9.17) is 23.2 Å². The number of carbonyl (C=O) groups is 1. The van der Waals surface area contributed by atoms with Gasteiger partial charge in [-0.25, -0.2) is 9.97 Å². The number of rotatable bonds is 4. The topological polar surface area (TPSA) is 66.9 Å². The van der Waals surface area contributed by atoms with Crippen LogP contribution in [0, 0.1) is 6.92 Å². The molecule has 0 atom stereocenters. The molecule has 5 nitrogen and oxygen atoms in total. The zero-order valence-corrected chi connectivity index (χ0v) is 14.0. The first-order valence-electron chi connectivity index (χ1n) is 6.74. The van der Waals surface area contributed by atoms with Crippen LogP contribution < -0.4 is 10.6 Å². The second kappa shape index (κ2) is 6.94. The molecule has 1 aromatic carbocycles. The largest absolute Gasteiger partial charge is 0.349 e. The van der Waals surface area contributed by atoms with Gasteiger partial charge >= 0.3 is 0 Å². The van der Waals surface area contributed by atoms with Crippen LogP contribution in [0.5, 0.6) is 0 Å². The zero-order chi connectivity index (χ0) is 16.3. The van der Waals surface area contributed by atoms with E-state index in [1.807, 2.05) is 13.8 Å². The van der Waals surface area contributed by atoms with E-state index in [1.54, 1.807) is 31.2 Å². The number of carbonyl (C=O) groups excluding carboxylic acids is 1. The summed E-state index contributed by atoms with van der Waals surface area (Å²) in [6.07, 6.45) is 0. The summed E-state index contributed by atoms with van der Waals surface area (Å²) in [7, 11) is 0. The number of nitrogens with one attached hydrogen (secondary N) is 2. The van der Waals surface area contributed by atoms with Crippen LogP contribution in [0.2, 0.25) is 10.0 Å². The maximum absolute atomic E-state index is 12.1. The van der Waals surface area contributed by atoms with Crippen molar-refractivity contribution in [1.82, 2.24) is 15.3 Å². The number of aromatic nitrogens is 2. The standard InChI is InChI=1S/C15H16Cl2N4O/c1-8(2)18-14(22)12-7-9(3)19-15(20-12)21-13-10(16)5-4-6-11(13)17/h4-8H,1-3H3,(H,18,22)(H,19,20,21). The fourth-order valence-corrected chi connectivity index (χ4v) is 2.30. The Labute approximate surface area is 139 Å². The summed E-state index contributed by atoms with van der Waals surface area (Å²) in [6.45, 7) is 5.55. The summed E-state index contributed by atoms with van der Waals surface area (Å²) in [5.74, 6) is 0.0118. The van der Waals surface area contributed by atoms with Gasteiger partial charge in [-0.3, -0.25) is 4.79 Å². The van der Waals surface area contributed by atoms with Crippen molar-refractivity contribution in [1.29, 1.82) is 0 Å². The minimum atomic E-state index is -0.256. The van der Waals surface area contributed by atoms with Crippen molar-refractivity contribution in [2.45, 2.75) is 26.8 Å². The molecule has 0 saturated heterocycles. The van der Waals surface area contributed by atoms with E-state index in [2.05, 4.69) is 20.6 Å². The van der Waals surface area contributed by atoms with Crippen LogP contribution in [-0.4, -0.2) is 21.9 Å². The zero-order valence-electron chi connectivity index (χ0n) is 12.4. The van der Waals surface area contributed by atoms with E-state index >= 15 is 0 Å². The molecule has 2 N–H and O–H groups in total. The van der Waals surface area contributed by atoms with E-state index in [-0.39, 0.29) is 23.6 Å². The Morgan fingerprint density at radius 3 is 2.41 bits per heavy atom. The maximum atomic E-state index is 12.1. The molecule has 0 radical (unpaired) electrons. The summed E-state index contributed by atoms with van der Waals surface area (Å²) < 4.78 is 0. The molecule has 0 fully saturated rings. The molecule has 116 valence electrons. The van der Waals surface area contributed by atoms with Gasteiger partial charge in [-0.1, -0.05) is 29.3 Å². The summed E-state index contributed by atoms with van der Waals surface area (Å²) in [6, 6.07) is 6.80. The first-order valence-corrected chi connectivity index (χ1v) is 7.50. The number of nitrogens with zero attached hydrogens (tertiary/aromatic N) is 2. The van der Waals surface area contributed by atoms with Gasteiger partial charge in [-0.2, -0.15) is 0 Å². The lowest BCUT2D eigenvalue weighted by Gasteiger charge is -2.12. The quantitative estimate of drug-likeness (QED) is 0.884. The van der Waals surface area contributed by atoms with Crippen LogP contribution in [0.4, 0.5) is 11.6 Å². The van der Waals surface area contributed by atoms with Gasteiger partial charge in [0, 0.05) is 11.7 Å². The number of benzene rings is 1. The monoisotopic (exact) mass is 338 g/mol. The van der Waals surface area contributed by atoms with Gasteiger partial charge in [0.2, 0.25) is 5.95 Å². The minimum absolute atomic E-state index is 0.0252. The Hall–Kier alpha value is -1.85. The van der Waals surface area contributed by atoms with E-state index in [0.29, 0.717) is 21.4 Å². The highest BCUT2D eigenvalue weighted by atomic mass is 35.5. The highest BCUT2D eigenvalue weighted by Crippen LogP contribution is 2.31. The number of halogens is 2. The van der Waals surface area contributed by atoms with Gasteiger partial charge in [0.15, 0.2) is 0 Å². The fraction of sp³-hybridized carbons (Fsp3) is 0.267. The van der Waals surface area contributed by atoms with E-state index in [9.17, 15) is 4.79 Å². The predicted octanol–water partition coefficient (Wildman–Crippen LogP) is 3.97. The molecular formula is C15H16Cl2N4O. The maximum Gasteiger partial charge on any atom is 0.270 e. The van der Waals surface area contributed by atoms with Crippen molar-refractivity contribution >= 4 is 40.7 Å². The average molecular weight is 339 g/mol. The number of amides is 1. The molecule has 0 unspecified atom stereocenters. The third kappa shape index (κ3) is 4.08. The van der Waals surface area contributed by atoms with Crippen LogP contribution in [0.25, 0.3) is 0 Å². The highest BCUT2D eigenvalue weighted by Gasteiger charge is 2.13. The Morgan fingerprint density at radius 1 is 1.18 bits per heavy atom. The van der Waals surface area contributed by atoms with Crippen LogP contribution in [-0.2, 0) is 0 Å². The fourth-order valence-electron chi connectivity index (χ4n) is 1.81. The lowest BCUT2D eigenvalue weighted by Crippen LogP contribution is -2.31. The van der Waals surface area contributed by atoms with Crippen molar-refractivity contribution in [2.75, 3.05) is 5.32 Å². The van der Waals surface area contributed by atoms with Gasteiger partial charge in [-0.05, 0) is 39.0 Å². The first kappa shape index (κ1) is 16.5. The van der Waals surface area contributed by atoms with Gasteiger partial charge in [0.1, 0.15) is 5.69 Å². The van der Waals surface area contributed by atoms with Crippen LogP contribution >= 0.6 is 23.2 Å². The Kier molecular flexibility index (Phi) is 5.21. The van der Waals surface area contributed by atoms with Crippen LogP contribution in [0.15, 0.2) is 24.3 Å². The molecule has 0 saturated carbocycles. The third-order valence-corrected chi connectivity index (χ3v) is 3.34. The molecular weight excluding hydrogens is 323 g/mol. The van der Waals surface area contributed by atoms with Crippen molar-refractivity contribution < 1.29 is 4.79 Å². The molecule has 2 rings (SSSR count). The second-order valence-corrected chi connectivity index (χ2v) is 5.88. The Morgan fingerprint density at radius 2 is 1.82 bits per heavy atom. The lowest BCUT2D eigenvalue weighted by molar-refractivity contribution is 0.0938. The Bertz CT molecular complexity index is 684. The van der Waals surface area contributed by atoms with Crippen LogP contribution in [0.1, 0.15) is 30.0 Å². The van der Waals surface area contributed by atoms with E-state index < -0.39 is 0 Å². The minimum Gasteiger partial charge on any atom is -0.349 e. The number of anilines is 2. The van der Waals surface area contributed by atoms with Gasteiger partial charge in [-0.15, -0.1) is 0 Å². The van der Waals surface area contributed by atoms with Gasteiger partial charge < -0.3 is 10.6 Å². The molecule has 2 aromatic rings. The summed E-state index contributed by atoms with van der Waals surface area (Å²) in [4.78, 5) is 20.5. The predicted molar refractivity (Wildman–Crippen MR) is 89.1 cm³/mol. The molecule has 1 amide bonds. The van der Waals surface area contributed by atoms with Crippen LogP contribution in [0.3, 0.4) is 0 Å². The summed E-state index contributed by atoms with van der Waals surface area (Å²) >= 11 is 12.2. The SMILES string of the molecule is Cc1cc(C(=O)NC(C)C)nc(Nc2c(Cl)cccc2Cl)n1. The van der Waals surface area contributed by atoms with E-state index in [1.165, 1.54) is 0 Å². The molecule has 0 aliphatic rings. The number of hydrogen-bond donors (Lipinski definition) is 2. The molecule has 7 heteroatoms. The van der Waals surface area contributed by atoms with E-state index in [0.717, 1.165) is 0 Å². The summed E-state index contributed by atoms with van der Waals surface area (Å²) in [5, 5.41) is 6.65. The normalized spacial score (nSPS) is 10.6. The third-order valence-electron chi connectivity index (χ3n) is 2.71. The highest BCUT2D eigenvalue weighted by molar-refractivity contribution is 6.39. The van der Waals surface area contributed by atoms with Crippen molar-refractivity contribution in [3.8, 4) is 0 Å².